The van der Waals surface area contributed by atoms with Crippen LogP contribution in [0.15, 0.2) is 109 Å². The molecule has 0 unspecified atom stereocenters. The van der Waals surface area contributed by atoms with Crippen LogP contribution in [0.5, 0.6) is 0 Å². The first-order chi connectivity index (χ1) is 23.4. The quantitative estimate of drug-likeness (QED) is 0.138. The molecular weight excluding hydrogens is 751 g/mol. The molecule has 6 rings (SSSR count). The van der Waals surface area contributed by atoms with Crippen molar-refractivity contribution in [1.82, 2.24) is 0 Å². The van der Waals surface area contributed by atoms with Crippen LogP contribution in [-0.4, -0.2) is 18.2 Å². The van der Waals surface area contributed by atoms with Crippen molar-refractivity contribution in [2.75, 3.05) is 0 Å². The third-order valence-corrected chi connectivity index (χ3v) is 10.1. The second-order valence-corrected chi connectivity index (χ2v) is 22.0. The van der Waals surface area contributed by atoms with E-state index >= 15 is 0 Å². The SMILES string of the molecule is CCC[Si](C)(O)O.Cc1cc2c(-c3ccc(C(C)(C)C)cc3)cccc2[cH-]1.Cc1cc2c(-c3ccc(C(C)(C)C)cc3)cccc2[cH-]1.[Cl][Zr+2][Cl]. The Morgan fingerprint density at radius 3 is 1.22 bits per heavy atom. The van der Waals surface area contributed by atoms with E-state index in [9.17, 15) is 0 Å². The fourth-order valence-electron chi connectivity index (χ4n) is 6.05. The third-order valence-electron chi connectivity index (χ3n) is 8.64. The Hall–Kier alpha value is -2.30. The van der Waals surface area contributed by atoms with Crippen LogP contribution in [0.2, 0.25) is 12.6 Å². The Balaban J connectivity index is 0.000000214. The van der Waals surface area contributed by atoms with Crippen molar-refractivity contribution >= 4 is 47.1 Å². The second kappa shape index (κ2) is 18.5. The monoisotopic (exact) mass is 802 g/mol. The van der Waals surface area contributed by atoms with Crippen LogP contribution in [0.25, 0.3) is 43.8 Å². The van der Waals surface area contributed by atoms with Gasteiger partial charge in [-0.3, -0.25) is 0 Å². The molecule has 2 nitrogen and oxygen atoms in total. The standard InChI is InChI=1S/2C20H21.C4H12O2Si.2ClH.Zr/c2*1-14-12-16-6-5-7-18(19(16)13-14)15-8-10-17(11-9-15)20(2,3)4;1-3-4-7(2,5)6;;;/h2*5-13H,1-4H3;5-6H,3-4H2,1-2H3;2*1H;/q2*-1;;;;+4/p-2. The molecule has 0 aliphatic carbocycles. The first-order valence-corrected chi connectivity index (χ1v) is 26.3. The molecule has 0 amide bonds. The molecule has 50 heavy (non-hydrogen) atoms. The molecule has 0 aliphatic heterocycles. The van der Waals surface area contributed by atoms with Gasteiger partial charge in [-0.15, -0.1) is 69.1 Å². The summed E-state index contributed by atoms with van der Waals surface area (Å²) in [5.41, 5.74) is 11.1. The predicted octanol–water partition coefficient (Wildman–Crippen LogP) is 13.5. The number of rotatable bonds is 4. The molecule has 0 spiro atoms. The zero-order valence-corrected chi connectivity index (χ0v) is 36.4. The van der Waals surface area contributed by atoms with Crippen molar-refractivity contribution in [3.05, 3.63) is 131 Å². The van der Waals surface area contributed by atoms with Crippen molar-refractivity contribution in [2.24, 2.45) is 0 Å². The van der Waals surface area contributed by atoms with Crippen LogP contribution in [0.1, 0.15) is 77.1 Å². The summed E-state index contributed by atoms with van der Waals surface area (Å²) in [7, 11) is 7.21. The molecule has 0 atom stereocenters. The van der Waals surface area contributed by atoms with Crippen molar-refractivity contribution < 1.29 is 30.4 Å². The molecule has 6 aromatic carbocycles. The average molecular weight is 805 g/mol. The number of benzene rings is 4. The van der Waals surface area contributed by atoms with E-state index < -0.39 is 29.4 Å². The van der Waals surface area contributed by atoms with Crippen LogP contribution >= 0.6 is 17.0 Å². The number of hydrogen-bond acceptors (Lipinski definition) is 2. The third kappa shape index (κ3) is 12.4. The minimum atomic E-state index is -2.66. The summed E-state index contributed by atoms with van der Waals surface area (Å²) in [5, 5.41) is 5.38. The zero-order chi connectivity index (χ0) is 37.3. The Morgan fingerprint density at radius 2 is 0.960 bits per heavy atom. The molecular formula is C44H54Cl2O2SiZr. The van der Waals surface area contributed by atoms with Gasteiger partial charge in [-0.1, -0.05) is 141 Å². The molecule has 0 saturated carbocycles. The Bertz CT molecular complexity index is 1780. The molecule has 0 heterocycles. The van der Waals surface area contributed by atoms with E-state index in [4.69, 9.17) is 26.6 Å². The fraction of sp³-hybridized carbons (Fsp3) is 0.318. The van der Waals surface area contributed by atoms with Gasteiger partial charge in [0.15, 0.2) is 0 Å². The Labute approximate surface area is 321 Å². The summed E-state index contributed by atoms with van der Waals surface area (Å²) in [6, 6.07) is 40.8. The van der Waals surface area contributed by atoms with E-state index in [1.807, 2.05) is 6.92 Å². The predicted molar refractivity (Wildman–Crippen MR) is 220 cm³/mol. The van der Waals surface area contributed by atoms with E-state index in [0.29, 0.717) is 6.04 Å². The molecule has 2 N–H and O–H groups in total. The van der Waals surface area contributed by atoms with Crippen LogP contribution in [-0.2, 0) is 31.7 Å². The van der Waals surface area contributed by atoms with Crippen LogP contribution < -0.4 is 0 Å². The van der Waals surface area contributed by atoms with E-state index in [0.717, 1.165) is 6.42 Å². The molecule has 0 aromatic heterocycles. The molecule has 264 valence electrons. The van der Waals surface area contributed by atoms with Gasteiger partial charge in [-0.05, 0) is 45.7 Å². The van der Waals surface area contributed by atoms with Crippen molar-refractivity contribution in [2.45, 2.75) is 92.2 Å². The summed E-state index contributed by atoms with van der Waals surface area (Å²) >= 11 is -0.826. The summed E-state index contributed by atoms with van der Waals surface area (Å²) < 4.78 is 0. The first-order valence-electron chi connectivity index (χ1n) is 17.3. The molecule has 0 bridgehead atoms. The van der Waals surface area contributed by atoms with Gasteiger partial charge in [0.1, 0.15) is 0 Å². The Kier molecular flexibility index (Phi) is 15.5. The normalized spacial score (nSPS) is 11.5. The van der Waals surface area contributed by atoms with Gasteiger partial charge in [0.2, 0.25) is 0 Å². The number of aryl methyl sites for hydroxylation is 2. The van der Waals surface area contributed by atoms with Crippen molar-refractivity contribution in [3.8, 4) is 22.3 Å². The minimum absolute atomic E-state index is 0.210. The van der Waals surface area contributed by atoms with Gasteiger partial charge in [-0.2, -0.15) is 12.1 Å². The van der Waals surface area contributed by atoms with E-state index in [1.165, 1.54) is 72.6 Å². The fourth-order valence-corrected chi connectivity index (χ4v) is 6.99. The van der Waals surface area contributed by atoms with Crippen molar-refractivity contribution in [1.29, 1.82) is 0 Å². The topological polar surface area (TPSA) is 40.5 Å². The summed E-state index contributed by atoms with van der Waals surface area (Å²) in [6.07, 6.45) is 0.871. The average Bonchev–Trinajstić information content (AvgIpc) is 3.61. The van der Waals surface area contributed by atoms with Gasteiger partial charge < -0.3 is 9.59 Å². The summed E-state index contributed by atoms with van der Waals surface area (Å²) in [5.74, 6) is 0. The molecule has 6 aromatic rings. The molecule has 0 saturated heterocycles. The molecule has 0 radical (unpaired) electrons. The van der Waals surface area contributed by atoms with Gasteiger partial charge in [0.05, 0.1) is 0 Å². The van der Waals surface area contributed by atoms with Crippen LogP contribution in [0.4, 0.5) is 0 Å². The molecule has 0 fully saturated rings. The van der Waals surface area contributed by atoms with Gasteiger partial charge in [-0.25, -0.2) is 0 Å². The van der Waals surface area contributed by atoms with E-state index in [-0.39, 0.29) is 10.8 Å². The van der Waals surface area contributed by atoms with Gasteiger partial charge >= 0.3 is 46.4 Å². The van der Waals surface area contributed by atoms with Crippen molar-refractivity contribution in [3.63, 3.8) is 0 Å². The number of fused-ring (bicyclic) bond motifs is 2. The van der Waals surface area contributed by atoms with E-state index in [2.05, 4.69) is 165 Å². The maximum absolute atomic E-state index is 8.71. The first kappa shape index (κ1) is 42.1. The van der Waals surface area contributed by atoms with Crippen LogP contribution in [0.3, 0.4) is 0 Å². The maximum atomic E-state index is 8.71. The van der Waals surface area contributed by atoms with Crippen LogP contribution in [0, 0.1) is 13.8 Å². The number of hydrogen-bond donors (Lipinski definition) is 2. The summed E-state index contributed by atoms with van der Waals surface area (Å²) in [4.78, 5) is 17.4. The van der Waals surface area contributed by atoms with E-state index in [1.54, 1.807) is 0 Å². The zero-order valence-electron chi connectivity index (χ0n) is 31.5. The number of halogens is 2. The molecule has 0 aliphatic rings. The summed E-state index contributed by atoms with van der Waals surface area (Å²) in [6.45, 7) is 21.3. The second-order valence-electron chi connectivity index (χ2n) is 15.4. The Morgan fingerprint density at radius 1 is 0.620 bits per heavy atom. The van der Waals surface area contributed by atoms with Gasteiger partial charge in [0.25, 0.3) is 0 Å². The van der Waals surface area contributed by atoms with Gasteiger partial charge in [0, 0.05) is 0 Å². The molecule has 6 heteroatoms.